The number of aromatic nitrogens is 2. The molecule has 2 aromatic heterocycles. The lowest BCUT2D eigenvalue weighted by atomic mass is 9.89. The minimum absolute atomic E-state index is 0.0172. The maximum atomic E-state index is 13.3. The molecule has 1 saturated carbocycles. The molecule has 0 saturated heterocycles. The zero-order valence-corrected chi connectivity index (χ0v) is 15.1. The summed E-state index contributed by atoms with van der Waals surface area (Å²) in [5.74, 6) is 0.0771. The Morgan fingerprint density at radius 3 is 2.57 bits per heavy atom. The topological polar surface area (TPSA) is 66.6 Å². The standard InChI is InChI=1S/C19H15ClF3N3O2/c20-12-4-2-1-3-11(12)16-14-9-10(19(21,22)23)7-8-26(14)18(25-17(16)28)24-13-5-6-15(13)27/h1-4,7-9,13,15,27H,5-6H2,(H,24,25,28)/t13-,15-/m1/s1. The van der Waals surface area contributed by atoms with E-state index in [-0.39, 0.29) is 28.1 Å². The fraction of sp³-hybridized carbons (Fsp3) is 0.263. The highest BCUT2D eigenvalue weighted by Gasteiger charge is 2.33. The maximum absolute atomic E-state index is 13.3. The number of rotatable bonds is 3. The third-order valence-corrected chi connectivity index (χ3v) is 5.21. The lowest BCUT2D eigenvalue weighted by Gasteiger charge is -2.33. The van der Waals surface area contributed by atoms with E-state index in [1.54, 1.807) is 24.3 Å². The van der Waals surface area contributed by atoms with Crippen molar-refractivity contribution in [3.63, 3.8) is 0 Å². The molecule has 3 aromatic rings. The van der Waals surface area contributed by atoms with Gasteiger partial charge in [0.25, 0.3) is 5.56 Å². The van der Waals surface area contributed by atoms with Crippen molar-refractivity contribution in [3.8, 4) is 11.1 Å². The minimum atomic E-state index is -4.57. The van der Waals surface area contributed by atoms with Crippen LogP contribution in [0, 0.1) is 0 Å². The molecule has 4 rings (SSSR count). The van der Waals surface area contributed by atoms with Gasteiger partial charge in [0, 0.05) is 16.8 Å². The SMILES string of the molecule is O=c1nc(N[C@@H]2CC[C@H]2O)n2ccc(C(F)(F)F)cc2c1-c1ccccc1Cl. The number of alkyl halides is 3. The molecule has 0 bridgehead atoms. The number of hydrogen-bond acceptors (Lipinski definition) is 4. The van der Waals surface area contributed by atoms with E-state index in [4.69, 9.17) is 11.6 Å². The second-order valence-electron chi connectivity index (χ2n) is 6.66. The summed E-state index contributed by atoms with van der Waals surface area (Å²) in [5.41, 5.74) is -1.28. The number of anilines is 1. The molecule has 2 N–H and O–H groups in total. The van der Waals surface area contributed by atoms with Crippen molar-refractivity contribution in [2.24, 2.45) is 0 Å². The minimum Gasteiger partial charge on any atom is -0.391 e. The first-order chi connectivity index (χ1) is 13.3. The van der Waals surface area contributed by atoms with Crippen molar-refractivity contribution < 1.29 is 18.3 Å². The van der Waals surface area contributed by atoms with E-state index in [1.807, 2.05) is 0 Å². The van der Waals surface area contributed by atoms with Crippen LogP contribution in [0.25, 0.3) is 16.6 Å². The van der Waals surface area contributed by atoms with Gasteiger partial charge in [-0.15, -0.1) is 0 Å². The van der Waals surface area contributed by atoms with E-state index in [0.29, 0.717) is 18.4 Å². The molecular formula is C19H15ClF3N3O2. The Balaban J connectivity index is 1.99. The zero-order valence-electron chi connectivity index (χ0n) is 14.4. The number of halogens is 4. The van der Waals surface area contributed by atoms with Crippen LogP contribution >= 0.6 is 11.6 Å². The van der Waals surface area contributed by atoms with Crippen molar-refractivity contribution in [2.45, 2.75) is 31.2 Å². The smallest absolute Gasteiger partial charge is 0.391 e. The second kappa shape index (κ2) is 6.79. The van der Waals surface area contributed by atoms with Gasteiger partial charge in [-0.1, -0.05) is 29.8 Å². The van der Waals surface area contributed by atoms with Crippen molar-refractivity contribution in [3.05, 3.63) is 63.5 Å². The molecule has 146 valence electrons. The van der Waals surface area contributed by atoms with Crippen LogP contribution < -0.4 is 10.9 Å². The van der Waals surface area contributed by atoms with E-state index in [9.17, 15) is 23.1 Å². The summed E-state index contributed by atoms with van der Waals surface area (Å²) >= 11 is 6.19. The first kappa shape index (κ1) is 18.8. The first-order valence-corrected chi connectivity index (χ1v) is 8.96. The van der Waals surface area contributed by atoms with Gasteiger partial charge in [-0.2, -0.15) is 18.2 Å². The highest BCUT2D eigenvalue weighted by molar-refractivity contribution is 6.33. The van der Waals surface area contributed by atoms with Crippen LogP contribution in [0.1, 0.15) is 18.4 Å². The third kappa shape index (κ3) is 3.22. The summed E-state index contributed by atoms with van der Waals surface area (Å²) in [7, 11) is 0. The van der Waals surface area contributed by atoms with Crippen LogP contribution in [0.15, 0.2) is 47.4 Å². The summed E-state index contributed by atoms with van der Waals surface area (Å²) in [6.07, 6.45) is -2.67. The molecule has 1 fully saturated rings. The van der Waals surface area contributed by atoms with E-state index in [1.165, 1.54) is 10.6 Å². The predicted molar refractivity (Wildman–Crippen MR) is 99.6 cm³/mol. The molecule has 0 spiro atoms. The Morgan fingerprint density at radius 1 is 1.21 bits per heavy atom. The van der Waals surface area contributed by atoms with Gasteiger partial charge in [0.15, 0.2) is 0 Å². The first-order valence-electron chi connectivity index (χ1n) is 8.59. The molecule has 0 radical (unpaired) electrons. The van der Waals surface area contributed by atoms with E-state index >= 15 is 0 Å². The van der Waals surface area contributed by atoms with Gasteiger partial charge in [0.2, 0.25) is 5.95 Å². The Labute approximate surface area is 162 Å². The fourth-order valence-corrected chi connectivity index (χ4v) is 3.44. The van der Waals surface area contributed by atoms with Crippen LogP contribution in [-0.2, 0) is 6.18 Å². The molecule has 1 aliphatic rings. The molecule has 0 unspecified atom stereocenters. The van der Waals surface area contributed by atoms with E-state index in [2.05, 4.69) is 10.3 Å². The average molecular weight is 410 g/mol. The molecule has 9 heteroatoms. The van der Waals surface area contributed by atoms with E-state index in [0.717, 1.165) is 12.1 Å². The summed E-state index contributed by atoms with van der Waals surface area (Å²) in [5, 5.41) is 13.0. The zero-order chi connectivity index (χ0) is 20.1. The van der Waals surface area contributed by atoms with Gasteiger partial charge < -0.3 is 10.4 Å². The van der Waals surface area contributed by atoms with Crippen LogP contribution in [-0.4, -0.2) is 26.6 Å². The van der Waals surface area contributed by atoms with Gasteiger partial charge in [0.1, 0.15) is 0 Å². The van der Waals surface area contributed by atoms with Gasteiger partial charge in [-0.25, -0.2) is 0 Å². The summed E-state index contributed by atoms with van der Waals surface area (Å²) < 4.78 is 41.2. The molecule has 1 aromatic carbocycles. The number of aliphatic hydroxyl groups is 1. The number of fused-ring (bicyclic) bond motifs is 1. The summed E-state index contributed by atoms with van der Waals surface area (Å²) in [4.78, 5) is 16.8. The number of nitrogens with zero attached hydrogens (tertiary/aromatic N) is 2. The number of pyridine rings is 1. The largest absolute Gasteiger partial charge is 0.416 e. The Hall–Kier alpha value is -2.58. The highest BCUT2D eigenvalue weighted by atomic mass is 35.5. The van der Waals surface area contributed by atoms with Gasteiger partial charge >= 0.3 is 6.18 Å². The Morgan fingerprint density at radius 2 is 1.96 bits per heavy atom. The van der Waals surface area contributed by atoms with E-state index < -0.39 is 23.4 Å². The number of benzene rings is 1. The van der Waals surface area contributed by atoms with Crippen molar-refractivity contribution in [2.75, 3.05) is 5.32 Å². The quantitative estimate of drug-likeness (QED) is 0.687. The van der Waals surface area contributed by atoms with Gasteiger partial charge in [-0.05, 0) is 31.0 Å². The molecule has 5 nitrogen and oxygen atoms in total. The monoisotopic (exact) mass is 409 g/mol. The summed E-state index contributed by atoms with van der Waals surface area (Å²) in [6.45, 7) is 0. The van der Waals surface area contributed by atoms with Crippen molar-refractivity contribution in [1.29, 1.82) is 0 Å². The summed E-state index contributed by atoms with van der Waals surface area (Å²) in [6, 6.07) is 7.93. The molecule has 0 aliphatic heterocycles. The average Bonchev–Trinajstić information content (AvgIpc) is 2.64. The second-order valence-corrected chi connectivity index (χ2v) is 7.07. The fourth-order valence-electron chi connectivity index (χ4n) is 3.20. The van der Waals surface area contributed by atoms with Crippen LogP contribution in [0.2, 0.25) is 5.02 Å². The normalized spacial score (nSPS) is 19.5. The van der Waals surface area contributed by atoms with Crippen molar-refractivity contribution >= 4 is 23.1 Å². The maximum Gasteiger partial charge on any atom is 0.416 e. The number of aliphatic hydroxyl groups excluding tert-OH is 1. The van der Waals surface area contributed by atoms with Crippen LogP contribution in [0.5, 0.6) is 0 Å². The molecule has 2 heterocycles. The lowest BCUT2D eigenvalue weighted by molar-refractivity contribution is -0.137. The van der Waals surface area contributed by atoms with Crippen LogP contribution in [0.4, 0.5) is 19.1 Å². The predicted octanol–water partition coefficient (Wildman–Crippen LogP) is 3.97. The lowest BCUT2D eigenvalue weighted by Crippen LogP contribution is -2.43. The molecule has 2 atom stereocenters. The van der Waals surface area contributed by atoms with Gasteiger partial charge in [-0.3, -0.25) is 9.20 Å². The highest BCUT2D eigenvalue weighted by Crippen LogP contribution is 2.34. The Bertz CT molecular complexity index is 1110. The third-order valence-electron chi connectivity index (χ3n) is 4.88. The molecule has 28 heavy (non-hydrogen) atoms. The molecular weight excluding hydrogens is 395 g/mol. The van der Waals surface area contributed by atoms with Crippen LogP contribution in [0.3, 0.4) is 0 Å². The number of nitrogens with one attached hydrogen (secondary N) is 1. The van der Waals surface area contributed by atoms with Gasteiger partial charge in [0.05, 0.1) is 28.8 Å². The number of hydrogen-bond donors (Lipinski definition) is 2. The Kier molecular flexibility index (Phi) is 4.55. The molecule has 0 amide bonds. The van der Waals surface area contributed by atoms with Crippen molar-refractivity contribution in [1.82, 2.24) is 9.38 Å². The molecule has 1 aliphatic carbocycles.